The number of nitrogens with zero attached hydrogens (tertiary/aromatic N) is 2. The Labute approximate surface area is 121 Å². The van der Waals surface area contributed by atoms with Crippen molar-refractivity contribution in [2.75, 3.05) is 6.54 Å². The van der Waals surface area contributed by atoms with Crippen LogP contribution in [0.15, 0.2) is 26.6 Å². The SMILES string of the molecule is CCNC(c1cc(Br)cs1)c1c(Br)cnn1C. The lowest BCUT2D eigenvalue weighted by atomic mass is 10.1. The minimum Gasteiger partial charge on any atom is -0.305 e. The van der Waals surface area contributed by atoms with Crippen LogP contribution in [-0.4, -0.2) is 16.3 Å². The van der Waals surface area contributed by atoms with Crippen LogP contribution in [0, 0.1) is 0 Å². The molecular formula is C11H13Br2N3S. The van der Waals surface area contributed by atoms with Crippen LogP contribution < -0.4 is 5.32 Å². The number of nitrogens with one attached hydrogen (secondary N) is 1. The number of halogens is 2. The molecule has 0 aliphatic carbocycles. The molecule has 0 fully saturated rings. The van der Waals surface area contributed by atoms with Gasteiger partial charge in [-0.3, -0.25) is 4.68 Å². The number of hydrogen-bond donors (Lipinski definition) is 1. The predicted octanol–water partition coefficient (Wildman–Crippen LogP) is 3.71. The Hall–Kier alpha value is -0.170. The minimum absolute atomic E-state index is 0.179. The van der Waals surface area contributed by atoms with Crippen molar-refractivity contribution in [1.82, 2.24) is 15.1 Å². The van der Waals surface area contributed by atoms with Crippen LogP contribution in [-0.2, 0) is 7.05 Å². The van der Waals surface area contributed by atoms with Gasteiger partial charge in [0.05, 0.1) is 22.4 Å². The molecule has 0 amide bonds. The summed E-state index contributed by atoms with van der Waals surface area (Å²) in [7, 11) is 1.97. The molecule has 2 aromatic rings. The molecule has 0 saturated heterocycles. The number of thiophene rings is 1. The number of aryl methyl sites for hydroxylation is 1. The molecule has 0 aliphatic heterocycles. The van der Waals surface area contributed by atoms with E-state index in [1.165, 1.54) is 4.88 Å². The van der Waals surface area contributed by atoms with Crippen LogP contribution >= 0.6 is 43.2 Å². The first kappa shape index (κ1) is 13.3. The average Bonchev–Trinajstić information content (AvgIpc) is 2.84. The molecule has 0 saturated carbocycles. The molecule has 3 nitrogen and oxygen atoms in total. The molecule has 92 valence electrons. The summed E-state index contributed by atoms with van der Waals surface area (Å²) in [4.78, 5) is 1.28. The minimum atomic E-state index is 0.179. The normalized spacial score (nSPS) is 12.9. The Bertz CT molecular complexity index is 487. The molecule has 0 aliphatic rings. The molecule has 6 heteroatoms. The van der Waals surface area contributed by atoms with Gasteiger partial charge in [0.25, 0.3) is 0 Å². The van der Waals surface area contributed by atoms with Crippen LogP contribution in [0.4, 0.5) is 0 Å². The Morgan fingerprint density at radius 3 is 2.76 bits per heavy atom. The molecular weight excluding hydrogens is 366 g/mol. The Morgan fingerprint density at radius 2 is 2.29 bits per heavy atom. The van der Waals surface area contributed by atoms with Crippen LogP contribution in [0.5, 0.6) is 0 Å². The third-order valence-corrected chi connectivity index (χ3v) is 4.86. The van der Waals surface area contributed by atoms with Gasteiger partial charge in [-0.2, -0.15) is 5.10 Å². The maximum absolute atomic E-state index is 4.27. The van der Waals surface area contributed by atoms with Crippen molar-refractivity contribution in [1.29, 1.82) is 0 Å². The highest BCUT2D eigenvalue weighted by Crippen LogP contribution is 2.33. The highest BCUT2D eigenvalue weighted by atomic mass is 79.9. The summed E-state index contributed by atoms with van der Waals surface area (Å²) < 4.78 is 4.07. The van der Waals surface area contributed by atoms with E-state index < -0.39 is 0 Å². The summed E-state index contributed by atoms with van der Waals surface area (Å²) in [5, 5.41) is 9.87. The van der Waals surface area contributed by atoms with E-state index in [0.717, 1.165) is 21.2 Å². The van der Waals surface area contributed by atoms with E-state index in [1.807, 2.05) is 17.9 Å². The van der Waals surface area contributed by atoms with Crippen molar-refractivity contribution in [3.05, 3.63) is 37.2 Å². The fourth-order valence-electron chi connectivity index (χ4n) is 1.76. The smallest absolute Gasteiger partial charge is 0.0853 e. The van der Waals surface area contributed by atoms with Gasteiger partial charge in [0.15, 0.2) is 0 Å². The van der Waals surface area contributed by atoms with Gasteiger partial charge >= 0.3 is 0 Å². The van der Waals surface area contributed by atoms with Gasteiger partial charge in [-0.1, -0.05) is 6.92 Å². The summed E-state index contributed by atoms with van der Waals surface area (Å²) in [5.41, 5.74) is 1.15. The van der Waals surface area contributed by atoms with Crippen LogP contribution in [0.2, 0.25) is 0 Å². The largest absolute Gasteiger partial charge is 0.305 e. The van der Waals surface area contributed by atoms with Crippen molar-refractivity contribution < 1.29 is 0 Å². The molecule has 2 rings (SSSR count). The molecule has 1 atom stereocenters. The molecule has 17 heavy (non-hydrogen) atoms. The molecule has 0 radical (unpaired) electrons. The first-order valence-corrected chi connectivity index (χ1v) is 7.74. The second kappa shape index (κ2) is 5.65. The maximum Gasteiger partial charge on any atom is 0.0853 e. The maximum atomic E-state index is 4.27. The zero-order valence-corrected chi connectivity index (χ0v) is 13.6. The standard InChI is InChI=1S/C11H13Br2N3S/c1-3-14-10(9-4-7(12)6-17-9)11-8(13)5-15-16(11)2/h4-6,10,14H,3H2,1-2H3. The Kier molecular flexibility index (Phi) is 4.41. The van der Waals surface area contributed by atoms with Gasteiger partial charge in [-0.25, -0.2) is 0 Å². The van der Waals surface area contributed by atoms with Gasteiger partial charge in [-0.05, 0) is 44.5 Å². The van der Waals surface area contributed by atoms with Crippen molar-refractivity contribution in [2.45, 2.75) is 13.0 Å². The lowest BCUT2D eigenvalue weighted by molar-refractivity contribution is 0.577. The average molecular weight is 379 g/mol. The molecule has 0 aromatic carbocycles. The third kappa shape index (κ3) is 2.81. The lowest BCUT2D eigenvalue weighted by Gasteiger charge is -2.17. The van der Waals surface area contributed by atoms with E-state index in [9.17, 15) is 0 Å². The van der Waals surface area contributed by atoms with Crippen LogP contribution in [0.1, 0.15) is 23.5 Å². The van der Waals surface area contributed by atoms with E-state index in [1.54, 1.807) is 11.3 Å². The van der Waals surface area contributed by atoms with Crippen molar-refractivity contribution in [3.63, 3.8) is 0 Å². The van der Waals surface area contributed by atoms with Crippen molar-refractivity contribution >= 4 is 43.2 Å². The summed E-state index contributed by atoms with van der Waals surface area (Å²) >= 11 is 8.80. The van der Waals surface area contributed by atoms with Gasteiger partial charge in [-0.15, -0.1) is 11.3 Å². The topological polar surface area (TPSA) is 29.9 Å². The van der Waals surface area contributed by atoms with E-state index in [-0.39, 0.29) is 6.04 Å². The summed E-state index contributed by atoms with van der Waals surface area (Å²) in [6, 6.07) is 2.33. The van der Waals surface area contributed by atoms with Gasteiger partial charge in [0.1, 0.15) is 0 Å². The molecule has 0 spiro atoms. The first-order valence-electron chi connectivity index (χ1n) is 5.28. The highest BCUT2D eigenvalue weighted by molar-refractivity contribution is 9.10. The molecule has 1 N–H and O–H groups in total. The predicted molar refractivity (Wildman–Crippen MR) is 78.4 cm³/mol. The number of hydrogen-bond acceptors (Lipinski definition) is 3. The number of aromatic nitrogens is 2. The first-order chi connectivity index (χ1) is 8.13. The monoisotopic (exact) mass is 377 g/mol. The van der Waals surface area contributed by atoms with Crippen LogP contribution in [0.3, 0.4) is 0 Å². The zero-order chi connectivity index (χ0) is 12.4. The van der Waals surface area contributed by atoms with E-state index in [4.69, 9.17) is 0 Å². The second-order valence-corrected chi connectivity index (χ2v) is 6.37. The van der Waals surface area contributed by atoms with Gasteiger partial charge in [0.2, 0.25) is 0 Å². The lowest BCUT2D eigenvalue weighted by Crippen LogP contribution is -2.23. The van der Waals surface area contributed by atoms with E-state index >= 15 is 0 Å². The van der Waals surface area contributed by atoms with Gasteiger partial charge in [0, 0.05) is 21.8 Å². The number of rotatable bonds is 4. The second-order valence-electron chi connectivity index (χ2n) is 3.66. The summed E-state index contributed by atoms with van der Waals surface area (Å²) in [5.74, 6) is 0. The van der Waals surface area contributed by atoms with Crippen molar-refractivity contribution in [3.8, 4) is 0 Å². The van der Waals surface area contributed by atoms with Crippen molar-refractivity contribution in [2.24, 2.45) is 7.05 Å². The highest BCUT2D eigenvalue weighted by Gasteiger charge is 2.21. The quantitative estimate of drug-likeness (QED) is 0.878. The zero-order valence-electron chi connectivity index (χ0n) is 9.58. The fraction of sp³-hybridized carbons (Fsp3) is 0.364. The summed E-state index contributed by atoms with van der Waals surface area (Å²) in [6.07, 6.45) is 1.84. The summed E-state index contributed by atoms with van der Waals surface area (Å²) in [6.45, 7) is 3.03. The Morgan fingerprint density at radius 1 is 1.53 bits per heavy atom. The molecule has 0 bridgehead atoms. The fourth-order valence-corrected chi connectivity index (χ4v) is 3.86. The van der Waals surface area contributed by atoms with E-state index in [2.05, 4.69) is 60.6 Å². The Balaban J connectivity index is 2.42. The molecule has 2 heterocycles. The third-order valence-electron chi connectivity index (χ3n) is 2.49. The van der Waals surface area contributed by atoms with E-state index in [0.29, 0.717) is 0 Å². The van der Waals surface area contributed by atoms with Crippen LogP contribution in [0.25, 0.3) is 0 Å². The molecule has 1 unspecified atom stereocenters. The van der Waals surface area contributed by atoms with Gasteiger partial charge < -0.3 is 5.32 Å². The molecule has 2 aromatic heterocycles.